The van der Waals surface area contributed by atoms with Crippen molar-refractivity contribution in [1.82, 2.24) is 0 Å². The van der Waals surface area contributed by atoms with Gasteiger partial charge in [0.15, 0.2) is 11.5 Å². The summed E-state index contributed by atoms with van der Waals surface area (Å²) in [4.78, 5) is 22.5. The highest BCUT2D eigenvalue weighted by Crippen LogP contribution is 2.33. The average Bonchev–Trinajstić information content (AvgIpc) is 2.85. The third kappa shape index (κ3) is 3.28. The van der Waals surface area contributed by atoms with Gasteiger partial charge in [-0.1, -0.05) is 6.07 Å². The van der Waals surface area contributed by atoms with Crippen LogP contribution in [-0.2, 0) is 14.3 Å². The van der Waals surface area contributed by atoms with Gasteiger partial charge in [-0.05, 0) is 30.7 Å². The van der Waals surface area contributed by atoms with Crippen LogP contribution in [-0.4, -0.2) is 30.4 Å². The fourth-order valence-corrected chi connectivity index (χ4v) is 1.77. The smallest absolute Gasteiger partial charge is 0.334 e. The SMILES string of the molecule is CCOC(=O)C(=Cc1ccc2c(c1)OCO2)CC(=O)O. The predicted molar refractivity (Wildman–Crippen MR) is 69.4 cm³/mol. The molecule has 0 bridgehead atoms. The molecule has 0 radical (unpaired) electrons. The second-order valence-corrected chi connectivity index (χ2v) is 4.07. The summed E-state index contributed by atoms with van der Waals surface area (Å²) in [6.45, 7) is 2.01. The minimum absolute atomic E-state index is 0.0817. The Labute approximate surface area is 115 Å². The van der Waals surface area contributed by atoms with Gasteiger partial charge in [-0.2, -0.15) is 0 Å². The van der Waals surface area contributed by atoms with Gasteiger partial charge in [0.05, 0.1) is 13.0 Å². The van der Waals surface area contributed by atoms with Gasteiger partial charge in [-0.25, -0.2) is 4.79 Å². The third-order valence-electron chi connectivity index (χ3n) is 2.62. The molecule has 0 unspecified atom stereocenters. The molecule has 6 heteroatoms. The molecule has 6 nitrogen and oxygen atoms in total. The molecule has 20 heavy (non-hydrogen) atoms. The topological polar surface area (TPSA) is 82.1 Å². The van der Waals surface area contributed by atoms with Gasteiger partial charge in [-0.15, -0.1) is 0 Å². The van der Waals surface area contributed by atoms with E-state index in [0.29, 0.717) is 17.1 Å². The van der Waals surface area contributed by atoms with E-state index in [0.717, 1.165) is 0 Å². The van der Waals surface area contributed by atoms with Crippen molar-refractivity contribution >= 4 is 18.0 Å². The van der Waals surface area contributed by atoms with E-state index in [-0.39, 0.29) is 19.0 Å². The summed E-state index contributed by atoms with van der Waals surface area (Å²) in [7, 11) is 0. The van der Waals surface area contributed by atoms with Gasteiger partial charge in [0, 0.05) is 5.57 Å². The lowest BCUT2D eigenvalue weighted by molar-refractivity contribution is -0.142. The van der Waals surface area contributed by atoms with Gasteiger partial charge in [-0.3, -0.25) is 4.79 Å². The first kappa shape index (κ1) is 13.9. The van der Waals surface area contributed by atoms with Crippen LogP contribution in [0.2, 0.25) is 0 Å². The van der Waals surface area contributed by atoms with Gasteiger partial charge >= 0.3 is 11.9 Å². The number of hydrogen-bond acceptors (Lipinski definition) is 5. The molecular formula is C14H14O6. The van der Waals surface area contributed by atoms with Crippen molar-refractivity contribution in [2.45, 2.75) is 13.3 Å². The van der Waals surface area contributed by atoms with Crippen molar-refractivity contribution in [1.29, 1.82) is 0 Å². The summed E-state index contributed by atoms with van der Waals surface area (Å²) in [6.07, 6.45) is 1.08. The molecule has 0 amide bonds. The minimum Gasteiger partial charge on any atom is -0.481 e. The van der Waals surface area contributed by atoms with Gasteiger partial charge in [0.1, 0.15) is 0 Å². The van der Waals surface area contributed by atoms with Crippen LogP contribution in [0.15, 0.2) is 23.8 Å². The summed E-state index contributed by atoms with van der Waals surface area (Å²) >= 11 is 0. The summed E-state index contributed by atoms with van der Waals surface area (Å²) < 4.78 is 15.2. The van der Waals surface area contributed by atoms with Crippen LogP contribution in [0.25, 0.3) is 6.08 Å². The first-order chi connectivity index (χ1) is 9.60. The zero-order chi connectivity index (χ0) is 14.5. The minimum atomic E-state index is -1.09. The number of rotatable bonds is 5. The van der Waals surface area contributed by atoms with E-state index in [4.69, 9.17) is 19.3 Å². The van der Waals surface area contributed by atoms with Crippen LogP contribution in [0.4, 0.5) is 0 Å². The number of hydrogen-bond donors (Lipinski definition) is 1. The summed E-state index contributed by atoms with van der Waals surface area (Å²) in [6, 6.07) is 5.11. The molecule has 1 heterocycles. The van der Waals surface area contributed by atoms with E-state index in [1.54, 1.807) is 25.1 Å². The molecule has 0 aromatic heterocycles. The Morgan fingerprint density at radius 3 is 2.80 bits per heavy atom. The molecule has 1 aromatic carbocycles. The highest BCUT2D eigenvalue weighted by molar-refractivity contribution is 5.98. The Balaban J connectivity index is 2.27. The monoisotopic (exact) mass is 278 g/mol. The Kier molecular flexibility index (Phi) is 4.24. The zero-order valence-corrected chi connectivity index (χ0v) is 10.9. The van der Waals surface area contributed by atoms with E-state index in [1.165, 1.54) is 6.08 Å². The summed E-state index contributed by atoms with van der Waals surface area (Å²) in [5.41, 5.74) is 0.733. The summed E-state index contributed by atoms with van der Waals surface area (Å²) in [5, 5.41) is 8.84. The van der Waals surface area contributed by atoms with Crippen molar-refractivity contribution < 1.29 is 28.9 Å². The number of carboxylic acid groups (broad SMARTS) is 1. The van der Waals surface area contributed by atoms with Crippen molar-refractivity contribution in [3.05, 3.63) is 29.3 Å². The third-order valence-corrected chi connectivity index (χ3v) is 2.62. The van der Waals surface area contributed by atoms with Gasteiger partial charge < -0.3 is 19.3 Å². The lowest BCUT2D eigenvalue weighted by Gasteiger charge is -2.05. The van der Waals surface area contributed by atoms with Crippen LogP contribution in [0, 0.1) is 0 Å². The van der Waals surface area contributed by atoms with Crippen LogP contribution in [0.3, 0.4) is 0 Å². The van der Waals surface area contributed by atoms with E-state index < -0.39 is 18.4 Å². The number of esters is 1. The molecule has 0 spiro atoms. The number of fused-ring (bicyclic) bond motifs is 1. The highest BCUT2D eigenvalue weighted by Gasteiger charge is 2.16. The normalized spacial score (nSPS) is 13.2. The molecule has 2 rings (SSSR count). The van der Waals surface area contributed by atoms with Gasteiger partial charge in [0.2, 0.25) is 6.79 Å². The maximum Gasteiger partial charge on any atom is 0.334 e. The molecule has 1 aliphatic rings. The molecule has 0 aliphatic carbocycles. The van der Waals surface area contributed by atoms with Crippen molar-refractivity contribution in [2.75, 3.05) is 13.4 Å². The number of carbonyl (C=O) groups excluding carboxylic acids is 1. The molecule has 0 saturated heterocycles. The zero-order valence-electron chi connectivity index (χ0n) is 10.9. The van der Waals surface area contributed by atoms with Crippen molar-refractivity contribution in [3.63, 3.8) is 0 Å². The summed E-state index contributed by atoms with van der Waals surface area (Å²) in [5.74, 6) is -0.534. The van der Waals surface area contributed by atoms with E-state index >= 15 is 0 Å². The van der Waals surface area contributed by atoms with Crippen LogP contribution < -0.4 is 9.47 Å². The Morgan fingerprint density at radius 1 is 1.35 bits per heavy atom. The molecule has 0 atom stereocenters. The van der Waals surface area contributed by atoms with Crippen LogP contribution in [0.5, 0.6) is 11.5 Å². The molecule has 1 N–H and O–H groups in total. The maximum absolute atomic E-state index is 11.7. The Morgan fingerprint density at radius 2 is 2.10 bits per heavy atom. The average molecular weight is 278 g/mol. The fourth-order valence-electron chi connectivity index (χ4n) is 1.77. The van der Waals surface area contributed by atoms with E-state index in [2.05, 4.69) is 0 Å². The second-order valence-electron chi connectivity index (χ2n) is 4.07. The van der Waals surface area contributed by atoms with Gasteiger partial charge in [0.25, 0.3) is 0 Å². The standard InChI is InChI=1S/C14H14O6/c1-2-18-14(17)10(7-13(15)16)5-9-3-4-11-12(6-9)20-8-19-11/h3-6H,2,7-8H2,1H3,(H,15,16). The number of benzene rings is 1. The highest BCUT2D eigenvalue weighted by atomic mass is 16.7. The van der Waals surface area contributed by atoms with Crippen LogP contribution >= 0.6 is 0 Å². The first-order valence-corrected chi connectivity index (χ1v) is 6.09. The number of carbonyl (C=O) groups is 2. The maximum atomic E-state index is 11.7. The second kappa shape index (κ2) is 6.10. The van der Waals surface area contributed by atoms with E-state index in [9.17, 15) is 9.59 Å². The number of aliphatic carboxylic acids is 1. The van der Waals surface area contributed by atoms with Crippen molar-refractivity contribution in [2.24, 2.45) is 0 Å². The first-order valence-electron chi connectivity index (χ1n) is 6.09. The Hall–Kier alpha value is -2.50. The fraction of sp³-hybridized carbons (Fsp3) is 0.286. The Bertz CT molecular complexity index is 561. The lowest BCUT2D eigenvalue weighted by Crippen LogP contribution is -2.11. The molecule has 1 aromatic rings. The number of carboxylic acids is 1. The van der Waals surface area contributed by atoms with Crippen molar-refractivity contribution in [3.8, 4) is 11.5 Å². The molecular weight excluding hydrogens is 264 g/mol. The largest absolute Gasteiger partial charge is 0.481 e. The van der Waals surface area contributed by atoms with Crippen LogP contribution in [0.1, 0.15) is 18.9 Å². The molecule has 1 aliphatic heterocycles. The molecule has 0 saturated carbocycles. The predicted octanol–water partition coefficient (Wildman–Crippen LogP) is 1.84. The molecule has 106 valence electrons. The lowest BCUT2D eigenvalue weighted by atomic mass is 10.1. The quantitative estimate of drug-likeness (QED) is 0.653. The van der Waals surface area contributed by atoms with E-state index in [1.807, 2.05) is 0 Å². The number of ether oxygens (including phenoxy) is 3. The molecule has 0 fully saturated rings.